The third-order valence-electron chi connectivity index (χ3n) is 8.64. The molecule has 4 heterocycles. The number of piperazine rings is 2. The van der Waals surface area contributed by atoms with E-state index in [9.17, 15) is 10.1 Å². The van der Waals surface area contributed by atoms with Crippen LogP contribution in [-0.2, 0) is 24.2 Å². The molecule has 3 aromatic rings. The lowest BCUT2D eigenvalue weighted by atomic mass is 9.96. The van der Waals surface area contributed by atoms with Crippen LogP contribution in [0.2, 0.25) is 0 Å². The Morgan fingerprint density at radius 3 is 2.73 bits per heavy atom. The highest BCUT2D eigenvalue weighted by molar-refractivity contribution is 5.95. The largest absolute Gasteiger partial charge is 0.444 e. The van der Waals surface area contributed by atoms with Crippen LogP contribution in [0.3, 0.4) is 0 Å². The Balaban J connectivity index is 1.15. The Hall–Kier alpha value is -3.67. The zero-order chi connectivity index (χ0) is 28.7. The van der Waals surface area contributed by atoms with Gasteiger partial charge in [-0.1, -0.05) is 18.2 Å². The van der Waals surface area contributed by atoms with Gasteiger partial charge >= 0.3 is 6.09 Å². The number of fused-ring (bicyclic) bond motifs is 3. The van der Waals surface area contributed by atoms with E-state index in [-0.39, 0.29) is 6.09 Å². The maximum Gasteiger partial charge on any atom is 0.410 e. The molecule has 3 aliphatic rings. The van der Waals surface area contributed by atoms with E-state index in [0.717, 1.165) is 56.6 Å². The lowest BCUT2D eigenvalue weighted by Crippen LogP contribution is -2.65. The van der Waals surface area contributed by atoms with Gasteiger partial charge in [-0.2, -0.15) is 5.26 Å². The summed E-state index contributed by atoms with van der Waals surface area (Å²) in [6, 6.07) is 18.0. The SMILES string of the molecule is CC1CN(c2ccc(C#N)c3ncccc23)CC2CN(Cc3ccc4c(c3)CN(C(=O)OC(C)(C)C)CC4)CCN12. The first-order chi connectivity index (χ1) is 19.7. The summed E-state index contributed by atoms with van der Waals surface area (Å²) in [7, 11) is 0. The average Bonchev–Trinajstić information content (AvgIpc) is 2.95. The van der Waals surface area contributed by atoms with Crippen LogP contribution in [0, 0.1) is 11.3 Å². The molecule has 2 atom stereocenters. The van der Waals surface area contributed by atoms with Gasteiger partial charge in [0.1, 0.15) is 11.7 Å². The molecular weight excluding hydrogens is 512 g/mol. The maximum atomic E-state index is 12.7. The number of carbonyl (C=O) groups is 1. The Kier molecular flexibility index (Phi) is 7.35. The van der Waals surface area contributed by atoms with Gasteiger partial charge in [-0.15, -0.1) is 0 Å². The van der Waals surface area contributed by atoms with E-state index in [0.29, 0.717) is 30.7 Å². The Morgan fingerprint density at radius 1 is 1.07 bits per heavy atom. The highest BCUT2D eigenvalue weighted by Crippen LogP contribution is 2.32. The second kappa shape index (κ2) is 11.0. The van der Waals surface area contributed by atoms with Gasteiger partial charge in [0, 0.05) is 81.7 Å². The highest BCUT2D eigenvalue weighted by atomic mass is 16.6. The summed E-state index contributed by atoms with van der Waals surface area (Å²) < 4.78 is 5.63. The standard InChI is InChI=1S/C33H40N6O2/c1-23-18-38(30-10-9-26(17-34)31-29(30)6-5-12-35-31)22-28-21-36(14-15-39(23)28)19-24-7-8-25-11-13-37(20-27(25)16-24)32(40)41-33(2,3)4/h5-10,12,16,23,28H,11,13-15,18-22H2,1-4H3. The molecular formula is C33H40N6O2. The van der Waals surface area contributed by atoms with Crippen molar-refractivity contribution < 1.29 is 9.53 Å². The summed E-state index contributed by atoms with van der Waals surface area (Å²) in [6.07, 6.45) is 2.40. The predicted molar refractivity (Wildman–Crippen MR) is 161 cm³/mol. The van der Waals surface area contributed by atoms with E-state index < -0.39 is 5.60 Å². The van der Waals surface area contributed by atoms with Gasteiger partial charge in [0.05, 0.1) is 11.1 Å². The van der Waals surface area contributed by atoms with Gasteiger partial charge < -0.3 is 14.5 Å². The van der Waals surface area contributed by atoms with Crippen molar-refractivity contribution in [3.05, 3.63) is 70.9 Å². The van der Waals surface area contributed by atoms with Crippen molar-refractivity contribution in [2.75, 3.05) is 44.2 Å². The molecule has 2 fully saturated rings. The third kappa shape index (κ3) is 5.74. The van der Waals surface area contributed by atoms with Crippen LogP contribution >= 0.6 is 0 Å². The van der Waals surface area contributed by atoms with Crippen molar-refractivity contribution in [2.45, 2.75) is 64.9 Å². The first-order valence-corrected chi connectivity index (χ1v) is 14.8. The van der Waals surface area contributed by atoms with Crippen molar-refractivity contribution in [3.8, 4) is 6.07 Å². The molecule has 3 aliphatic heterocycles. The number of amides is 1. The van der Waals surface area contributed by atoms with E-state index in [1.807, 2.05) is 37.8 Å². The number of nitrogens with zero attached hydrogens (tertiary/aromatic N) is 6. The summed E-state index contributed by atoms with van der Waals surface area (Å²) in [5, 5.41) is 10.6. The zero-order valence-corrected chi connectivity index (χ0v) is 24.6. The molecule has 2 saturated heterocycles. The number of carbonyl (C=O) groups excluding carboxylic acids is 1. The average molecular weight is 553 g/mol. The van der Waals surface area contributed by atoms with Crippen LogP contribution in [0.5, 0.6) is 0 Å². The van der Waals surface area contributed by atoms with Crippen LogP contribution in [0.1, 0.15) is 49.9 Å². The van der Waals surface area contributed by atoms with Gasteiger partial charge in [-0.05, 0) is 75.1 Å². The molecule has 0 N–H and O–H groups in total. The molecule has 0 saturated carbocycles. The van der Waals surface area contributed by atoms with Crippen LogP contribution in [0.15, 0.2) is 48.7 Å². The second-order valence-electron chi connectivity index (χ2n) is 12.8. The quantitative estimate of drug-likeness (QED) is 0.462. The number of anilines is 1. The monoisotopic (exact) mass is 552 g/mol. The van der Waals surface area contributed by atoms with Gasteiger partial charge in [0.2, 0.25) is 0 Å². The fraction of sp³-hybridized carbons (Fsp3) is 0.485. The van der Waals surface area contributed by atoms with E-state index in [1.54, 1.807) is 6.20 Å². The smallest absolute Gasteiger partial charge is 0.410 e. The van der Waals surface area contributed by atoms with Gasteiger partial charge in [0.15, 0.2) is 0 Å². The minimum absolute atomic E-state index is 0.230. The Labute approximate surface area is 243 Å². The number of ether oxygens (including phenoxy) is 1. The van der Waals surface area contributed by atoms with Crippen molar-refractivity contribution in [1.29, 1.82) is 5.26 Å². The van der Waals surface area contributed by atoms with Crippen molar-refractivity contribution in [2.24, 2.45) is 0 Å². The summed E-state index contributed by atoms with van der Waals surface area (Å²) in [5.74, 6) is 0. The predicted octanol–water partition coefficient (Wildman–Crippen LogP) is 4.79. The topological polar surface area (TPSA) is 75.9 Å². The van der Waals surface area contributed by atoms with Crippen LogP contribution in [0.4, 0.5) is 10.5 Å². The fourth-order valence-corrected chi connectivity index (χ4v) is 6.74. The van der Waals surface area contributed by atoms with Crippen molar-refractivity contribution in [1.82, 2.24) is 19.7 Å². The molecule has 2 unspecified atom stereocenters. The summed E-state index contributed by atoms with van der Waals surface area (Å²) in [6.45, 7) is 15.3. The molecule has 41 heavy (non-hydrogen) atoms. The molecule has 0 aliphatic carbocycles. The summed E-state index contributed by atoms with van der Waals surface area (Å²) in [4.78, 5) is 26.8. The van der Waals surface area contributed by atoms with Crippen LogP contribution in [-0.4, -0.2) is 82.7 Å². The molecule has 1 amide bonds. The van der Waals surface area contributed by atoms with Gasteiger partial charge in [0.25, 0.3) is 0 Å². The molecule has 214 valence electrons. The zero-order valence-electron chi connectivity index (χ0n) is 24.6. The van der Waals surface area contributed by atoms with Crippen LogP contribution < -0.4 is 4.90 Å². The lowest BCUT2D eigenvalue weighted by molar-refractivity contribution is 0.0223. The van der Waals surface area contributed by atoms with Crippen molar-refractivity contribution >= 4 is 22.7 Å². The molecule has 8 heteroatoms. The molecule has 8 nitrogen and oxygen atoms in total. The first kappa shape index (κ1) is 27.5. The van der Waals surface area contributed by atoms with E-state index in [2.05, 4.69) is 63.0 Å². The lowest BCUT2D eigenvalue weighted by Gasteiger charge is -2.51. The van der Waals surface area contributed by atoms with Gasteiger partial charge in [-0.25, -0.2) is 4.79 Å². The fourth-order valence-electron chi connectivity index (χ4n) is 6.74. The highest BCUT2D eigenvalue weighted by Gasteiger charge is 2.37. The Bertz CT molecular complexity index is 1490. The normalized spacial score (nSPS) is 21.7. The number of nitriles is 1. The van der Waals surface area contributed by atoms with Gasteiger partial charge in [-0.3, -0.25) is 14.8 Å². The molecule has 0 spiro atoms. The minimum Gasteiger partial charge on any atom is -0.444 e. The molecule has 0 radical (unpaired) electrons. The summed E-state index contributed by atoms with van der Waals surface area (Å²) in [5.41, 5.74) is 5.95. The number of hydrogen-bond donors (Lipinski definition) is 0. The van der Waals surface area contributed by atoms with E-state index in [4.69, 9.17) is 4.74 Å². The molecule has 6 rings (SSSR count). The molecule has 1 aromatic heterocycles. The van der Waals surface area contributed by atoms with Crippen molar-refractivity contribution in [3.63, 3.8) is 0 Å². The molecule has 0 bridgehead atoms. The maximum absolute atomic E-state index is 12.7. The second-order valence-corrected chi connectivity index (χ2v) is 12.8. The first-order valence-electron chi connectivity index (χ1n) is 14.8. The number of rotatable bonds is 3. The third-order valence-corrected chi connectivity index (χ3v) is 8.64. The van der Waals surface area contributed by atoms with Crippen LogP contribution in [0.25, 0.3) is 10.9 Å². The number of hydrogen-bond acceptors (Lipinski definition) is 7. The number of pyridine rings is 1. The molecule has 2 aromatic carbocycles. The Morgan fingerprint density at radius 2 is 1.93 bits per heavy atom. The van der Waals surface area contributed by atoms with E-state index in [1.165, 1.54) is 22.4 Å². The minimum atomic E-state index is -0.488. The number of aromatic nitrogens is 1. The number of benzene rings is 2. The van der Waals surface area contributed by atoms with E-state index >= 15 is 0 Å². The summed E-state index contributed by atoms with van der Waals surface area (Å²) >= 11 is 0.